The van der Waals surface area contributed by atoms with Gasteiger partial charge in [0.2, 0.25) is 0 Å². The number of pyridine rings is 2. The molecule has 2 aromatic heterocycles. The van der Waals surface area contributed by atoms with Crippen LogP contribution in [-0.2, 0) is 6.54 Å². The highest BCUT2D eigenvalue weighted by molar-refractivity contribution is 6.02. The Morgan fingerprint density at radius 2 is 1.76 bits per heavy atom. The normalized spacial score (nSPS) is 10.8. The summed E-state index contributed by atoms with van der Waals surface area (Å²) in [5.74, 6) is -1.61. The molecular formula is C22H16FN3O3. The summed E-state index contributed by atoms with van der Waals surface area (Å²) in [6.07, 6.45) is 1.47. The zero-order chi connectivity index (χ0) is 20.4. The number of aromatic nitrogens is 2. The first kappa shape index (κ1) is 18.4. The molecule has 1 amide bonds. The first-order chi connectivity index (χ1) is 14.1. The summed E-state index contributed by atoms with van der Waals surface area (Å²) in [7, 11) is 0. The third kappa shape index (κ3) is 3.45. The van der Waals surface area contributed by atoms with Gasteiger partial charge in [0.1, 0.15) is 17.1 Å². The van der Waals surface area contributed by atoms with Crippen molar-refractivity contribution in [1.29, 1.82) is 0 Å². The molecule has 29 heavy (non-hydrogen) atoms. The fourth-order valence-electron chi connectivity index (χ4n) is 3.10. The second-order valence-corrected chi connectivity index (χ2v) is 6.38. The average molecular weight is 389 g/mol. The van der Waals surface area contributed by atoms with Crippen LogP contribution in [0.15, 0.2) is 77.7 Å². The van der Waals surface area contributed by atoms with Crippen molar-refractivity contribution in [3.8, 4) is 11.4 Å². The van der Waals surface area contributed by atoms with E-state index in [1.54, 1.807) is 12.1 Å². The van der Waals surface area contributed by atoms with E-state index in [1.807, 2.05) is 30.3 Å². The molecule has 0 atom stereocenters. The summed E-state index contributed by atoms with van der Waals surface area (Å²) in [6, 6.07) is 17.6. The Bertz CT molecular complexity index is 1250. The summed E-state index contributed by atoms with van der Waals surface area (Å²) in [5, 5.41) is 13.5. The lowest BCUT2D eigenvalue weighted by molar-refractivity contribution is 0.0946. The molecule has 6 nitrogen and oxygen atoms in total. The summed E-state index contributed by atoms with van der Waals surface area (Å²) in [4.78, 5) is 30.1. The van der Waals surface area contributed by atoms with Crippen LogP contribution in [0, 0.1) is 5.82 Å². The molecule has 144 valence electrons. The molecule has 7 heteroatoms. The SMILES string of the molecule is O=C(NCc1ccccc1)c1c(O)c2cccnc2n(-c2ccc(F)cc2)c1=O. The predicted octanol–water partition coefficient (Wildman–Crippen LogP) is 3.16. The molecule has 2 aromatic carbocycles. The topological polar surface area (TPSA) is 84.2 Å². The Morgan fingerprint density at radius 1 is 1.03 bits per heavy atom. The number of nitrogens with zero attached hydrogens (tertiary/aromatic N) is 2. The maximum atomic E-state index is 13.3. The number of hydrogen-bond acceptors (Lipinski definition) is 4. The minimum absolute atomic E-state index is 0.168. The van der Waals surface area contributed by atoms with Gasteiger partial charge in [-0.2, -0.15) is 0 Å². The lowest BCUT2D eigenvalue weighted by atomic mass is 10.1. The summed E-state index contributed by atoms with van der Waals surface area (Å²) in [5.41, 5.74) is 0.205. The molecule has 4 rings (SSSR count). The quantitative estimate of drug-likeness (QED) is 0.562. The van der Waals surface area contributed by atoms with Crippen molar-refractivity contribution in [3.63, 3.8) is 0 Å². The summed E-state index contributed by atoms with van der Waals surface area (Å²) < 4.78 is 14.5. The van der Waals surface area contributed by atoms with Crippen molar-refractivity contribution in [1.82, 2.24) is 14.9 Å². The van der Waals surface area contributed by atoms with E-state index >= 15 is 0 Å². The maximum Gasteiger partial charge on any atom is 0.273 e. The van der Waals surface area contributed by atoms with Crippen molar-refractivity contribution in [3.05, 3.63) is 100 Å². The molecule has 2 N–H and O–H groups in total. The Kier molecular flexibility index (Phi) is 4.78. The lowest BCUT2D eigenvalue weighted by Gasteiger charge is -2.14. The first-order valence-electron chi connectivity index (χ1n) is 8.87. The molecule has 0 bridgehead atoms. The number of amides is 1. The number of carbonyl (C=O) groups excluding carboxylic acids is 1. The van der Waals surface area contributed by atoms with E-state index in [0.29, 0.717) is 5.69 Å². The molecule has 0 saturated heterocycles. The van der Waals surface area contributed by atoms with Crippen molar-refractivity contribution >= 4 is 16.9 Å². The van der Waals surface area contributed by atoms with Crippen LogP contribution >= 0.6 is 0 Å². The van der Waals surface area contributed by atoms with Gasteiger partial charge in [-0.1, -0.05) is 30.3 Å². The minimum atomic E-state index is -0.745. The zero-order valence-electron chi connectivity index (χ0n) is 15.2. The molecule has 4 aromatic rings. The fraction of sp³-hybridized carbons (Fsp3) is 0.0455. The first-order valence-corrected chi connectivity index (χ1v) is 8.87. The Labute approximate surface area is 164 Å². The second-order valence-electron chi connectivity index (χ2n) is 6.38. The molecule has 2 heterocycles. The minimum Gasteiger partial charge on any atom is -0.506 e. The molecular weight excluding hydrogens is 373 g/mol. The molecule has 0 fully saturated rings. The molecule has 0 radical (unpaired) electrons. The molecule has 0 aliphatic rings. The van der Waals surface area contributed by atoms with Gasteiger partial charge in [0, 0.05) is 12.7 Å². The van der Waals surface area contributed by atoms with Gasteiger partial charge < -0.3 is 10.4 Å². The van der Waals surface area contributed by atoms with E-state index < -0.39 is 28.6 Å². The van der Waals surface area contributed by atoms with Crippen LogP contribution in [0.5, 0.6) is 5.75 Å². The van der Waals surface area contributed by atoms with E-state index in [9.17, 15) is 19.1 Å². The molecule has 0 aliphatic carbocycles. The van der Waals surface area contributed by atoms with Crippen molar-refractivity contribution in [2.75, 3.05) is 0 Å². The van der Waals surface area contributed by atoms with Crippen molar-refractivity contribution in [2.45, 2.75) is 6.54 Å². The third-order valence-corrected chi connectivity index (χ3v) is 4.52. The Morgan fingerprint density at radius 3 is 2.48 bits per heavy atom. The monoisotopic (exact) mass is 389 g/mol. The zero-order valence-corrected chi connectivity index (χ0v) is 15.2. The fourth-order valence-corrected chi connectivity index (χ4v) is 3.10. The van der Waals surface area contributed by atoms with Gasteiger partial charge in [-0.25, -0.2) is 9.37 Å². The number of aromatic hydroxyl groups is 1. The standard InChI is InChI=1S/C22H16FN3O3/c23-15-8-10-16(11-9-15)26-20-17(7-4-12-24-20)19(27)18(22(26)29)21(28)25-13-14-5-2-1-3-6-14/h1-12,27H,13H2,(H,25,28). The highest BCUT2D eigenvalue weighted by Crippen LogP contribution is 2.26. The molecule has 0 aliphatic heterocycles. The number of rotatable bonds is 4. The van der Waals surface area contributed by atoms with E-state index in [2.05, 4.69) is 10.3 Å². The van der Waals surface area contributed by atoms with Crippen LogP contribution in [0.4, 0.5) is 4.39 Å². The summed E-state index contributed by atoms with van der Waals surface area (Å²) in [6.45, 7) is 0.195. The highest BCUT2D eigenvalue weighted by Gasteiger charge is 2.23. The number of nitrogens with one attached hydrogen (secondary N) is 1. The smallest absolute Gasteiger partial charge is 0.273 e. The third-order valence-electron chi connectivity index (χ3n) is 4.52. The Balaban J connectivity index is 1.85. The second kappa shape index (κ2) is 7.55. The molecule has 0 saturated carbocycles. The van der Waals surface area contributed by atoms with Crippen LogP contribution in [0.1, 0.15) is 15.9 Å². The Hall–Kier alpha value is -4.00. The van der Waals surface area contributed by atoms with E-state index in [1.165, 1.54) is 35.0 Å². The van der Waals surface area contributed by atoms with E-state index in [0.717, 1.165) is 5.56 Å². The number of hydrogen-bond donors (Lipinski definition) is 2. The van der Waals surface area contributed by atoms with Gasteiger partial charge in [0.25, 0.3) is 11.5 Å². The van der Waals surface area contributed by atoms with Crippen LogP contribution < -0.4 is 10.9 Å². The van der Waals surface area contributed by atoms with E-state index in [4.69, 9.17) is 0 Å². The van der Waals surface area contributed by atoms with Crippen LogP contribution in [0.2, 0.25) is 0 Å². The van der Waals surface area contributed by atoms with Crippen molar-refractivity contribution < 1.29 is 14.3 Å². The number of halogens is 1. The maximum absolute atomic E-state index is 13.3. The molecule has 0 unspecified atom stereocenters. The van der Waals surface area contributed by atoms with Crippen LogP contribution in [-0.4, -0.2) is 20.6 Å². The number of fused-ring (bicyclic) bond motifs is 1. The lowest BCUT2D eigenvalue weighted by Crippen LogP contribution is -2.33. The van der Waals surface area contributed by atoms with Gasteiger partial charge in [-0.05, 0) is 42.0 Å². The van der Waals surface area contributed by atoms with Gasteiger partial charge in [-0.15, -0.1) is 0 Å². The largest absolute Gasteiger partial charge is 0.506 e. The number of carbonyl (C=O) groups is 1. The highest BCUT2D eigenvalue weighted by atomic mass is 19.1. The van der Waals surface area contributed by atoms with Gasteiger partial charge in [0.05, 0.1) is 11.1 Å². The summed E-state index contributed by atoms with van der Waals surface area (Å²) >= 11 is 0. The molecule has 0 spiro atoms. The number of benzene rings is 2. The predicted molar refractivity (Wildman–Crippen MR) is 107 cm³/mol. The average Bonchev–Trinajstić information content (AvgIpc) is 2.74. The van der Waals surface area contributed by atoms with Gasteiger partial charge in [0.15, 0.2) is 5.65 Å². The van der Waals surface area contributed by atoms with Gasteiger partial charge in [-0.3, -0.25) is 14.2 Å². The van der Waals surface area contributed by atoms with Crippen molar-refractivity contribution in [2.24, 2.45) is 0 Å². The van der Waals surface area contributed by atoms with Crippen LogP contribution in [0.25, 0.3) is 16.7 Å². The van der Waals surface area contributed by atoms with Crippen LogP contribution in [0.3, 0.4) is 0 Å². The van der Waals surface area contributed by atoms with Gasteiger partial charge >= 0.3 is 0 Å². The van der Waals surface area contributed by atoms with E-state index in [-0.39, 0.29) is 17.6 Å².